The Balaban J connectivity index is 1.16. The monoisotopic (exact) mass is 787 g/mol. The maximum atomic E-state index is 14.8. The number of benzene rings is 2. The molecule has 16 heteroatoms. The van der Waals surface area contributed by atoms with Crippen molar-refractivity contribution in [3.8, 4) is 5.75 Å². The lowest BCUT2D eigenvalue weighted by molar-refractivity contribution is -0.141. The highest BCUT2D eigenvalue weighted by molar-refractivity contribution is 7.91. The fraction of sp³-hybridized carbons (Fsp3) is 0.425. The highest BCUT2D eigenvalue weighted by Crippen LogP contribution is 2.46. The van der Waals surface area contributed by atoms with Crippen molar-refractivity contribution in [3.05, 3.63) is 73.1 Å². The first-order valence-electron chi connectivity index (χ1n) is 18.9. The summed E-state index contributed by atoms with van der Waals surface area (Å²) in [4.78, 5) is 61.6. The molecular weight excluding hydrogens is 746 g/mol. The summed E-state index contributed by atoms with van der Waals surface area (Å²) in [6, 6.07) is 9.09. The predicted molar refractivity (Wildman–Crippen MR) is 203 cm³/mol. The van der Waals surface area contributed by atoms with Crippen molar-refractivity contribution in [3.63, 3.8) is 0 Å². The summed E-state index contributed by atoms with van der Waals surface area (Å²) in [5, 5.41) is 5.88. The van der Waals surface area contributed by atoms with Crippen LogP contribution in [0.1, 0.15) is 57.8 Å². The second-order valence-corrected chi connectivity index (χ2v) is 16.9. The molecule has 14 nitrogen and oxygen atoms in total. The summed E-state index contributed by atoms with van der Waals surface area (Å²) in [6.45, 7) is 3.35. The first-order valence-corrected chi connectivity index (χ1v) is 20.5. The van der Waals surface area contributed by atoms with Gasteiger partial charge in [-0.1, -0.05) is 49.8 Å². The van der Waals surface area contributed by atoms with Crippen molar-refractivity contribution in [2.45, 2.75) is 86.8 Å². The Kier molecular flexibility index (Phi) is 9.93. The van der Waals surface area contributed by atoms with Gasteiger partial charge in [-0.2, -0.15) is 0 Å². The average Bonchev–Trinajstić information content (AvgIpc) is 4.08. The van der Waals surface area contributed by atoms with E-state index in [0.717, 1.165) is 12.8 Å². The third-order valence-electron chi connectivity index (χ3n) is 11.0. The van der Waals surface area contributed by atoms with Crippen LogP contribution in [0.3, 0.4) is 0 Å². The number of furan rings is 1. The number of amides is 4. The molecule has 2 aliphatic carbocycles. The molecule has 0 radical (unpaired) electrons. The van der Waals surface area contributed by atoms with Crippen molar-refractivity contribution in [1.29, 1.82) is 0 Å². The van der Waals surface area contributed by atoms with Crippen LogP contribution in [0.25, 0.3) is 33.0 Å². The largest absolute Gasteiger partial charge is 0.484 e. The average molecular weight is 788 g/mol. The number of nitrogens with one attached hydrogen (secondary N) is 3. The van der Waals surface area contributed by atoms with Gasteiger partial charge >= 0.3 is 6.09 Å². The number of hydrogen-bond acceptors (Lipinski definition) is 10. The molecule has 3 fully saturated rings. The van der Waals surface area contributed by atoms with E-state index in [-0.39, 0.29) is 43.7 Å². The van der Waals surface area contributed by atoms with E-state index < -0.39 is 74.5 Å². The maximum absolute atomic E-state index is 14.8. The van der Waals surface area contributed by atoms with Crippen LogP contribution in [0.15, 0.2) is 71.7 Å². The fourth-order valence-corrected chi connectivity index (χ4v) is 9.14. The Morgan fingerprint density at radius 1 is 1.11 bits per heavy atom. The zero-order valence-corrected chi connectivity index (χ0v) is 31.3. The number of para-hydroxylation sites is 1. The number of sulfonamides is 1. The molecule has 3 N–H and O–H groups in total. The quantitative estimate of drug-likeness (QED) is 0.207. The smallest absolute Gasteiger partial charge is 0.408 e. The van der Waals surface area contributed by atoms with Crippen molar-refractivity contribution < 1.29 is 45.9 Å². The lowest BCUT2D eigenvalue weighted by Crippen LogP contribution is -2.58. The van der Waals surface area contributed by atoms with Crippen molar-refractivity contribution in [2.24, 2.45) is 5.92 Å². The first-order chi connectivity index (χ1) is 27.0. The minimum atomic E-state index is -3.93. The molecular formula is C40H42FN5O9S. The van der Waals surface area contributed by atoms with Gasteiger partial charge < -0.3 is 29.4 Å². The first kappa shape index (κ1) is 37.4. The molecule has 56 heavy (non-hydrogen) atoms. The van der Waals surface area contributed by atoms with Gasteiger partial charge in [-0.25, -0.2) is 22.6 Å². The number of rotatable bonds is 8. The number of ether oxygens (including phenoxy) is 2. The number of aromatic nitrogens is 1. The molecule has 2 aliphatic heterocycles. The second kappa shape index (κ2) is 14.9. The number of hydrogen-bond donors (Lipinski definition) is 3. The Morgan fingerprint density at radius 2 is 1.93 bits per heavy atom. The minimum Gasteiger partial charge on any atom is -0.484 e. The van der Waals surface area contributed by atoms with E-state index in [0.29, 0.717) is 53.1 Å². The predicted octanol–water partition coefficient (Wildman–Crippen LogP) is 4.91. The van der Waals surface area contributed by atoms with Gasteiger partial charge in [0.15, 0.2) is 11.3 Å². The van der Waals surface area contributed by atoms with Crippen LogP contribution in [-0.4, -0.2) is 84.2 Å². The SMILES string of the molecule is C=CCOC(=O)N[C@H]1CCCCC/C=C\[C@H]2C[C@@]2(C(=O)NS(=O)(=O)C2CC2)NC(=O)[C@@H]2C[C@@H](Oc3c4cc(F)ccc4nc4c3oc3ccccc34)CN2C1=O. The number of carbonyl (C=O) groups is 4. The summed E-state index contributed by atoms with van der Waals surface area (Å²) in [5.41, 5.74) is 0.150. The molecule has 294 valence electrons. The topological polar surface area (TPSA) is 186 Å². The minimum absolute atomic E-state index is 0.0648. The van der Waals surface area contributed by atoms with Crippen LogP contribution in [0.2, 0.25) is 0 Å². The molecule has 0 spiro atoms. The van der Waals surface area contributed by atoms with Crippen LogP contribution >= 0.6 is 0 Å². The molecule has 8 rings (SSSR count). The Labute approximate surface area is 321 Å². The van der Waals surface area contributed by atoms with Crippen molar-refractivity contribution >= 4 is 66.8 Å². The molecule has 2 aromatic carbocycles. The van der Waals surface area contributed by atoms with E-state index in [1.807, 2.05) is 30.4 Å². The summed E-state index contributed by atoms with van der Waals surface area (Å²) in [6.07, 6.45) is 7.42. The summed E-state index contributed by atoms with van der Waals surface area (Å²) < 4.78 is 60.7. The zero-order valence-electron chi connectivity index (χ0n) is 30.5. The van der Waals surface area contributed by atoms with Gasteiger partial charge in [0.2, 0.25) is 21.8 Å². The summed E-state index contributed by atoms with van der Waals surface area (Å²) >= 11 is 0. The molecule has 2 aromatic heterocycles. The van der Waals surface area contributed by atoms with Crippen LogP contribution in [-0.2, 0) is 29.1 Å². The molecule has 4 aliphatic rings. The lowest BCUT2D eigenvalue weighted by Gasteiger charge is -2.29. The molecule has 0 bridgehead atoms. The number of nitrogens with zero attached hydrogens (tertiary/aromatic N) is 2. The van der Waals surface area contributed by atoms with Crippen LogP contribution in [0, 0.1) is 11.7 Å². The second-order valence-electron chi connectivity index (χ2n) is 15.0. The van der Waals surface area contributed by atoms with Gasteiger partial charge in [0.1, 0.15) is 47.3 Å². The van der Waals surface area contributed by atoms with E-state index in [1.54, 1.807) is 6.07 Å². The molecule has 4 aromatic rings. The van der Waals surface area contributed by atoms with E-state index in [4.69, 9.17) is 18.9 Å². The number of pyridine rings is 1. The third-order valence-corrected chi connectivity index (χ3v) is 12.8. The summed E-state index contributed by atoms with van der Waals surface area (Å²) in [7, 11) is -3.93. The summed E-state index contributed by atoms with van der Waals surface area (Å²) in [5.74, 6) is -2.92. The molecule has 4 heterocycles. The van der Waals surface area contributed by atoms with E-state index >= 15 is 0 Å². The Bertz CT molecular complexity index is 2400. The Morgan fingerprint density at radius 3 is 2.73 bits per heavy atom. The van der Waals surface area contributed by atoms with Crippen molar-refractivity contribution in [2.75, 3.05) is 13.2 Å². The highest BCUT2D eigenvalue weighted by atomic mass is 32.2. The van der Waals surface area contributed by atoms with E-state index in [9.17, 15) is 32.0 Å². The van der Waals surface area contributed by atoms with E-state index in [2.05, 4.69) is 21.9 Å². The molecule has 5 atom stereocenters. The van der Waals surface area contributed by atoms with Gasteiger partial charge in [-0.05, 0) is 68.9 Å². The molecule has 2 saturated carbocycles. The van der Waals surface area contributed by atoms with Crippen molar-refractivity contribution in [1.82, 2.24) is 25.2 Å². The van der Waals surface area contributed by atoms with E-state index in [1.165, 1.54) is 29.2 Å². The standard InChI is InChI=1S/C40H42FN5O9S/c1-2-18-53-39(50)43-30-12-7-5-3-4-6-10-23-21-40(23,38(49)45-56(51,52)26-15-16-26)44-36(47)31-20-25(22-46(31)37(30)48)54-34-28-19-24(41)14-17-29(28)42-33-27-11-8-9-13-32(27)55-35(33)34/h2,6,8-11,13-14,17,19,23,25-26,30-31H,1,3-5,7,12,15-16,18,20-22H2,(H,43,50)(H,44,47)(H,45,49)/b10-6-/t23-,25+,30-,31-,40+/m0/s1. The fourth-order valence-electron chi connectivity index (χ4n) is 7.78. The van der Waals surface area contributed by atoms with Crippen LogP contribution in [0.4, 0.5) is 9.18 Å². The number of halogens is 1. The van der Waals surface area contributed by atoms with Gasteiger partial charge in [0, 0.05) is 23.1 Å². The zero-order chi connectivity index (χ0) is 39.2. The molecule has 0 unspecified atom stereocenters. The van der Waals surface area contributed by atoms with Gasteiger partial charge in [0.05, 0.1) is 17.3 Å². The number of alkyl carbamates (subject to hydrolysis) is 1. The van der Waals surface area contributed by atoms with Gasteiger partial charge in [-0.3, -0.25) is 19.1 Å². The maximum Gasteiger partial charge on any atom is 0.408 e. The molecule has 4 amide bonds. The van der Waals surface area contributed by atoms with Gasteiger partial charge in [0.25, 0.3) is 5.91 Å². The highest BCUT2D eigenvalue weighted by Gasteiger charge is 2.62. The van der Waals surface area contributed by atoms with Crippen LogP contribution in [0.5, 0.6) is 5.75 Å². The normalized spacial score (nSPS) is 26.3. The molecule has 1 saturated heterocycles. The number of carbonyl (C=O) groups excluding carboxylic acids is 4. The lowest BCUT2D eigenvalue weighted by atomic mass is 10.1. The third kappa shape index (κ3) is 7.29. The number of allylic oxidation sites excluding steroid dienone is 1. The Hall–Kier alpha value is -5.51. The number of fused-ring (bicyclic) bond motifs is 6. The van der Waals surface area contributed by atoms with Crippen LogP contribution < -0.4 is 20.1 Å². The van der Waals surface area contributed by atoms with Gasteiger partial charge in [-0.15, -0.1) is 0 Å².